The van der Waals surface area contributed by atoms with E-state index < -0.39 is 0 Å². The maximum absolute atomic E-state index is 3.51. The Morgan fingerprint density at radius 2 is 1.21 bits per heavy atom. The largest absolute Gasteiger partial charge is 0.317 e. The van der Waals surface area contributed by atoms with E-state index in [1.807, 2.05) is 0 Å². The summed E-state index contributed by atoms with van der Waals surface area (Å²) in [4.78, 5) is 0. The molecule has 33 heavy (non-hydrogen) atoms. The van der Waals surface area contributed by atoms with Crippen molar-refractivity contribution in [1.82, 2.24) is 10.6 Å². The SMILES string of the molecule is CNC(C)CC1(CC(C)NC)C=C(Cc2ccccc2)c2c(Cc3ccccc3)cccc21. The summed E-state index contributed by atoms with van der Waals surface area (Å²) in [5.41, 5.74) is 8.68. The van der Waals surface area contributed by atoms with Crippen LogP contribution in [0.1, 0.15) is 54.5 Å². The van der Waals surface area contributed by atoms with Crippen molar-refractivity contribution in [3.63, 3.8) is 0 Å². The average Bonchev–Trinajstić information content (AvgIpc) is 3.13. The number of hydrogen-bond acceptors (Lipinski definition) is 2. The Kier molecular flexibility index (Phi) is 7.47. The minimum Gasteiger partial charge on any atom is -0.317 e. The molecule has 2 heteroatoms. The fourth-order valence-corrected chi connectivity index (χ4v) is 5.51. The molecule has 0 bridgehead atoms. The highest BCUT2D eigenvalue weighted by Crippen LogP contribution is 2.49. The van der Waals surface area contributed by atoms with Crippen LogP contribution < -0.4 is 10.6 Å². The lowest BCUT2D eigenvalue weighted by molar-refractivity contribution is 0.357. The first-order valence-electron chi connectivity index (χ1n) is 12.3. The normalized spacial score (nSPS) is 19.1. The zero-order valence-corrected chi connectivity index (χ0v) is 20.6. The van der Waals surface area contributed by atoms with Crippen molar-refractivity contribution in [2.75, 3.05) is 14.1 Å². The summed E-state index contributed by atoms with van der Waals surface area (Å²) in [5.74, 6) is 0. The summed E-state index contributed by atoms with van der Waals surface area (Å²) in [6.45, 7) is 4.62. The Bertz CT molecular complexity index is 1060. The first-order valence-corrected chi connectivity index (χ1v) is 12.3. The minimum atomic E-state index is 0.0248. The lowest BCUT2D eigenvalue weighted by Gasteiger charge is -2.34. The van der Waals surface area contributed by atoms with Gasteiger partial charge in [-0.2, -0.15) is 0 Å². The van der Waals surface area contributed by atoms with Crippen molar-refractivity contribution < 1.29 is 0 Å². The van der Waals surface area contributed by atoms with Gasteiger partial charge in [0.15, 0.2) is 0 Å². The zero-order valence-electron chi connectivity index (χ0n) is 20.6. The fourth-order valence-electron chi connectivity index (χ4n) is 5.51. The Balaban J connectivity index is 1.84. The van der Waals surface area contributed by atoms with Gasteiger partial charge in [-0.05, 0) is 87.0 Å². The second-order valence-electron chi connectivity index (χ2n) is 9.78. The summed E-state index contributed by atoms with van der Waals surface area (Å²) in [5, 5.41) is 7.02. The van der Waals surface area contributed by atoms with Gasteiger partial charge in [-0.15, -0.1) is 0 Å². The molecule has 0 aromatic heterocycles. The second-order valence-corrected chi connectivity index (χ2v) is 9.78. The molecular weight excluding hydrogens is 400 g/mol. The third-order valence-corrected chi connectivity index (χ3v) is 7.26. The Morgan fingerprint density at radius 1 is 0.667 bits per heavy atom. The van der Waals surface area contributed by atoms with Crippen LogP contribution in [0.3, 0.4) is 0 Å². The minimum absolute atomic E-state index is 0.0248. The van der Waals surface area contributed by atoms with Crippen molar-refractivity contribution in [2.45, 2.75) is 57.0 Å². The molecule has 2 atom stereocenters. The van der Waals surface area contributed by atoms with E-state index in [1.54, 1.807) is 0 Å². The monoisotopic (exact) mass is 438 g/mol. The number of fused-ring (bicyclic) bond motifs is 1. The lowest BCUT2D eigenvalue weighted by atomic mass is 9.72. The Morgan fingerprint density at radius 3 is 1.76 bits per heavy atom. The van der Waals surface area contributed by atoms with Gasteiger partial charge in [-0.3, -0.25) is 0 Å². The number of rotatable bonds is 10. The van der Waals surface area contributed by atoms with E-state index in [1.165, 1.54) is 33.4 Å². The molecule has 4 rings (SSSR count). The van der Waals surface area contributed by atoms with Crippen LogP contribution in [0.4, 0.5) is 0 Å². The van der Waals surface area contributed by atoms with Gasteiger partial charge in [-0.25, -0.2) is 0 Å². The van der Waals surface area contributed by atoms with E-state index in [0.29, 0.717) is 12.1 Å². The van der Waals surface area contributed by atoms with Gasteiger partial charge in [0.05, 0.1) is 0 Å². The lowest BCUT2D eigenvalue weighted by Crippen LogP contribution is -2.38. The maximum Gasteiger partial charge on any atom is 0.0173 e. The summed E-state index contributed by atoms with van der Waals surface area (Å²) >= 11 is 0. The van der Waals surface area contributed by atoms with Crippen LogP contribution in [-0.4, -0.2) is 26.2 Å². The highest BCUT2D eigenvalue weighted by molar-refractivity contribution is 5.80. The third kappa shape index (κ3) is 5.29. The van der Waals surface area contributed by atoms with Crippen LogP contribution in [0.2, 0.25) is 0 Å². The van der Waals surface area contributed by atoms with Crippen molar-refractivity contribution in [3.8, 4) is 0 Å². The Hall–Kier alpha value is -2.68. The van der Waals surface area contributed by atoms with Crippen LogP contribution in [0, 0.1) is 0 Å². The highest BCUT2D eigenvalue weighted by atomic mass is 14.9. The molecule has 1 aliphatic rings. The number of benzene rings is 3. The standard InChI is InChI=1S/C31H38N2/c1-23(32-3)20-31(21-24(2)33-4)22-28(19-26-14-9-6-10-15-26)30-27(16-11-17-29(30)31)18-25-12-7-5-8-13-25/h5-17,22-24,32-33H,18-21H2,1-4H3. The van der Waals surface area contributed by atoms with Crippen LogP contribution in [0.5, 0.6) is 0 Å². The van der Waals surface area contributed by atoms with E-state index in [9.17, 15) is 0 Å². The summed E-state index contributed by atoms with van der Waals surface area (Å²) in [7, 11) is 4.16. The van der Waals surface area contributed by atoms with Gasteiger partial charge < -0.3 is 10.6 Å². The van der Waals surface area contributed by atoms with Gasteiger partial charge in [0.1, 0.15) is 0 Å². The van der Waals surface area contributed by atoms with E-state index >= 15 is 0 Å². The second kappa shape index (κ2) is 10.5. The molecule has 2 unspecified atom stereocenters. The molecule has 1 aliphatic carbocycles. The molecule has 0 saturated carbocycles. The average molecular weight is 439 g/mol. The van der Waals surface area contributed by atoms with Crippen LogP contribution in [0.15, 0.2) is 84.9 Å². The first kappa shape index (κ1) is 23.5. The van der Waals surface area contributed by atoms with E-state index in [0.717, 1.165) is 25.7 Å². The molecule has 172 valence electrons. The van der Waals surface area contributed by atoms with Crippen LogP contribution in [0.25, 0.3) is 5.57 Å². The first-order chi connectivity index (χ1) is 16.0. The quantitative estimate of drug-likeness (QED) is 0.397. The van der Waals surface area contributed by atoms with E-state index in [4.69, 9.17) is 0 Å². The molecule has 0 fully saturated rings. The molecular formula is C31H38N2. The van der Waals surface area contributed by atoms with Crippen molar-refractivity contribution in [3.05, 3.63) is 113 Å². The van der Waals surface area contributed by atoms with E-state index in [2.05, 4.69) is 124 Å². The molecule has 0 spiro atoms. The Labute approximate surface area is 200 Å². The number of allylic oxidation sites excluding steroid dienone is 2. The predicted octanol–water partition coefficient (Wildman–Crippen LogP) is 6.15. The number of nitrogens with one attached hydrogen (secondary N) is 2. The van der Waals surface area contributed by atoms with E-state index in [-0.39, 0.29) is 5.41 Å². The van der Waals surface area contributed by atoms with Gasteiger partial charge in [-0.1, -0.05) is 84.9 Å². The van der Waals surface area contributed by atoms with Gasteiger partial charge in [0.2, 0.25) is 0 Å². The fraction of sp³-hybridized carbons (Fsp3) is 0.355. The molecule has 3 aromatic rings. The molecule has 0 heterocycles. The molecule has 0 aliphatic heterocycles. The summed E-state index contributed by atoms with van der Waals surface area (Å²) < 4.78 is 0. The van der Waals surface area contributed by atoms with Gasteiger partial charge in [0.25, 0.3) is 0 Å². The zero-order chi connectivity index (χ0) is 23.3. The summed E-state index contributed by atoms with van der Waals surface area (Å²) in [6, 6.07) is 29.7. The molecule has 0 saturated heterocycles. The topological polar surface area (TPSA) is 24.1 Å². The smallest absolute Gasteiger partial charge is 0.0173 e. The van der Waals surface area contributed by atoms with Crippen molar-refractivity contribution in [1.29, 1.82) is 0 Å². The van der Waals surface area contributed by atoms with Crippen LogP contribution in [-0.2, 0) is 18.3 Å². The third-order valence-electron chi connectivity index (χ3n) is 7.26. The van der Waals surface area contributed by atoms with Crippen molar-refractivity contribution in [2.24, 2.45) is 0 Å². The number of hydrogen-bond donors (Lipinski definition) is 2. The van der Waals surface area contributed by atoms with Crippen LogP contribution >= 0.6 is 0 Å². The van der Waals surface area contributed by atoms with Gasteiger partial charge in [0, 0.05) is 17.5 Å². The van der Waals surface area contributed by atoms with Crippen molar-refractivity contribution >= 4 is 5.57 Å². The maximum atomic E-state index is 3.51. The molecule has 2 N–H and O–H groups in total. The molecule has 2 nitrogen and oxygen atoms in total. The predicted molar refractivity (Wildman–Crippen MR) is 142 cm³/mol. The highest BCUT2D eigenvalue weighted by Gasteiger charge is 2.40. The molecule has 3 aromatic carbocycles. The summed E-state index contributed by atoms with van der Waals surface area (Å²) in [6.07, 6.45) is 6.75. The molecule has 0 amide bonds. The van der Waals surface area contributed by atoms with Gasteiger partial charge >= 0.3 is 0 Å². The molecule has 0 radical (unpaired) electrons.